The molecule has 2 aromatic rings. The number of halogens is 2. The summed E-state index contributed by atoms with van der Waals surface area (Å²) in [5.41, 5.74) is 2.21. The highest BCUT2D eigenvalue weighted by Gasteiger charge is 2.21. The average Bonchev–Trinajstić information content (AvgIpc) is 2.58. The number of ether oxygens (including phenoxy) is 1. The van der Waals surface area contributed by atoms with Crippen LogP contribution in [0.5, 0.6) is 0 Å². The van der Waals surface area contributed by atoms with Gasteiger partial charge in [-0.1, -0.05) is 45.7 Å². The number of carbonyl (C=O) groups is 2. The Morgan fingerprint density at radius 2 is 1.92 bits per heavy atom. The molecule has 0 unspecified atom stereocenters. The van der Waals surface area contributed by atoms with Crippen LogP contribution in [0, 0.1) is 0 Å². The smallest absolute Gasteiger partial charge is 0.319 e. The van der Waals surface area contributed by atoms with E-state index >= 15 is 0 Å². The molecule has 0 fully saturated rings. The van der Waals surface area contributed by atoms with Crippen LogP contribution < -0.4 is 10.6 Å². The van der Waals surface area contributed by atoms with Gasteiger partial charge in [-0.3, -0.25) is 14.9 Å². The number of esters is 1. The largest absolute Gasteiger partial charge is 0.468 e. The molecule has 0 saturated heterocycles. The van der Waals surface area contributed by atoms with Crippen LogP contribution in [-0.2, 0) is 14.3 Å². The van der Waals surface area contributed by atoms with E-state index in [0.717, 1.165) is 15.6 Å². The van der Waals surface area contributed by atoms with Crippen molar-refractivity contribution in [2.45, 2.75) is 13.0 Å². The fraction of sp³-hybridized carbons (Fsp3) is 0.222. The van der Waals surface area contributed by atoms with Crippen molar-refractivity contribution in [3.8, 4) is 0 Å². The molecule has 2 rings (SSSR count). The number of carbonyl (C=O) groups excluding carboxylic acids is 2. The van der Waals surface area contributed by atoms with Crippen molar-refractivity contribution in [3.05, 3.63) is 63.1 Å². The molecular formula is C18H18BrClN2O3. The second kappa shape index (κ2) is 8.99. The number of hydrogen-bond donors (Lipinski definition) is 2. The van der Waals surface area contributed by atoms with Gasteiger partial charge in [-0.2, -0.15) is 0 Å². The molecular weight excluding hydrogens is 408 g/mol. The number of hydrogen-bond acceptors (Lipinski definition) is 4. The van der Waals surface area contributed by atoms with Crippen LogP contribution >= 0.6 is 27.5 Å². The Bertz CT molecular complexity index is 783. The van der Waals surface area contributed by atoms with Gasteiger partial charge in [-0.15, -0.1) is 0 Å². The van der Waals surface area contributed by atoms with Gasteiger partial charge in [0.2, 0.25) is 5.91 Å². The lowest BCUT2D eigenvalue weighted by molar-refractivity contribution is -0.139. The van der Waals surface area contributed by atoms with Crippen LogP contribution in [0.2, 0.25) is 5.02 Å². The van der Waals surface area contributed by atoms with Gasteiger partial charge in [0.15, 0.2) is 0 Å². The maximum Gasteiger partial charge on any atom is 0.319 e. The molecule has 0 aliphatic rings. The highest BCUT2D eigenvalue weighted by Crippen LogP contribution is 2.34. The Morgan fingerprint density at radius 1 is 1.20 bits per heavy atom. The summed E-state index contributed by atoms with van der Waals surface area (Å²) in [4.78, 5) is 23.1. The molecule has 1 amide bonds. The molecule has 132 valence electrons. The van der Waals surface area contributed by atoms with Gasteiger partial charge in [-0.25, -0.2) is 0 Å². The lowest BCUT2D eigenvalue weighted by Gasteiger charge is -2.23. The first-order chi connectivity index (χ1) is 11.9. The summed E-state index contributed by atoms with van der Waals surface area (Å²) in [5.74, 6) is -0.581. The fourth-order valence-corrected chi connectivity index (χ4v) is 3.05. The maximum atomic E-state index is 11.6. The van der Waals surface area contributed by atoms with Gasteiger partial charge in [0.05, 0.1) is 19.7 Å². The van der Waals surface area contributed by atoms with Crippen molar-refractivity contribution in [2.24, 2.45) is 0 Å². The van der Waals surface area contributed by atoms with Crippen LogP contribution in [0.25, 0.3) is 0 Å². The number of benzene rings is 2. The second-order valence-electron chi connectivity index (χ2n) is 5.32. The first-order valence-corrected chi connectivity index (χ1v) is 8.71. The molecule has 0 heterocycles. The van der Waals surface area contributed by atoms with Crippen molar-refractivity contribution in [1.82, 2.24) is 5.32 Å². The predicted octanol–water partition coefficient (Wildman–Crippen LogP) is 3.91. The maximum absolute atomic E-state index is 11.6. The molecule has 2 aromatic carbocycles. The zero-order chi connectivity index (χ0) is 18.4. The summed E-state index contributed by atoms with van der Waals surface area (Å²) >= 11 is 9.81. The van der Waals surface area contributed by atoms with E-state index < -0.39 is 12.0 Å². The fourth-order valence-electron chi connectivity index (χ4n) is 2.43. The van der Waals surface area contributed by atoms with Gasteiger partial charge in [-0.05, 0) is 35.4 Å². The normalized spacial score (nSPS) is 11.7. The van der Waals surface area contributed by atoms with Crippen LogP contribution in [-0.4, -0.2) is 25.5 Å². The van der Waals surface area contributed by atoms with Crippen molar-refractivity contribution >= 4 is 45.1 Å². The minimum absolute atomic E-state index is 0.00157. The van der Waals surface area contributed by atoms with Crippen LogP contribution in [0.1, 0.15) is 24.1 Å². The van der Waals surface area contributed by atoms with Crippen molar-refractivity contribution < 1.29 is 14.3 Å². The lowest BCUT2D eigenvalue weighted by Crippen LogP contribution is -2.30. The number of rotatable bonds is 6. The van der Waals surface area contributed by atoms with E-state index in [0.29, 0.717) is 10.7 Å². The summed E-state index contributed by atoms with van der Waals surface area (Å²) < 4.78 is 5.55. The highest BCUT2D eigenvalue weighted by molar-refractivity contribution is 9.10. The van der Waals surface area contributed by atoms with E-state index in [2.05, 4.69) is 26.6 Å². The third-order valence-corrected chi connectivity index (χ3v) is 4.37. The van der Waals surface area contributed by atoms with Crippen LogP contribution in [0.15, 0.2) is 46.9 Å². The zero-order valence-electron chi connectivity index (χ0n) is 13.8. The number of anilines is 1. The van der Waals surface area contributed by atoms with E-state index in [-0.39, 0.29) is 12.5 Å². The number of nitrogens with one attached hydrogen (secondary N) is 2. The summed E-state index contributed by atoms with van der Waals surface area (Å²) in [6.07, 6.45) is 0. The lowest BCUT2D eigenvalue weighted by atomic mass is 9.96. The zero-order valence-corrected chi connectivity index (χ0v) is 16.1. The number of methoxy groups -OCH3 is 1. The molecule has 0 spiro atoms. The second-order valence-corrected chi connectivity index (χ2v) is 6.65. The van der Waals surface area contributed by atoms with Crippen LogP contribution in [0.4, 0.5) is 5.69 Å². The standard InChI is InChI=1S/C18H18BrClN2O3/c1-11(23)22-16-8-7-12(19)9-14(16)18(21-10-17(24)25-2)13-5-3-4-6-15(13)20/h3-9,18,21H,10H2,1-2H3,(H,22,23)/t18-/m1/s1. The Kier molecular flexibility index (Phi) is 6.99. The molecule has 25 heavy (non-hydrogen) atoms. The molecule has 7 heteroatoms. The topological polar surface area (TPSA) is 67.4 Å². The predicted molar refractivity (Wildman–Crippen MR) is 102 cm³/mol. The van der Waals surface area contributed by atoms with Gasteiger partial charge in [0, 0.05) is 22.1 Å². The third-order valence-electron chi connectivity index (χ3n) is 3.53. The molecule has 0 aromatic heterocycles. The Balaban J connectivity index is 2.51. The van der Waals surface area contributed by atoms with E-state index in [1.165, 1.54) is 14.0 Å². The molecule has 5 nitrogen and oxygen atoms in total. The number of amides is 1. The van der Waals surface area contributed by atoms with Crippen molar-refractivity contribution in [1.29, 1.82) is 0 Å². The summed E-state index contributed by atoms with van der Waals surface area (Å²) in [6.45, 7) is 1.44. The average molecular weight is 426 g/mol. The SMILES string of the molecule is COC(=O)CN[C@H](c1ccccc1Cl)c1cc(Br)ccc1NC(C)=O. The van der Waals surface area contributed by atoms with E-state index in [1.54, 1.807) is 12.1 Å². The van der Waals surface area contributed by atoms with E-state index in [9.17, 15) is 9.59 Å². The molecule has 0 aliphatic heterocycles. The van der Waals surface area contributed by atoms with Crippen molar-refractivity contribution in [3.63, 3.8) is 0 Å². The highest BCUT2D eigenvalue weighted by atomic mass is 79.9. The summed E-state index contributed by atoms with van der Waals surface area (Å²) in [7, 11) is 1.33. The van der Waals surface area contributed by atoms with E-state index in [4.69, 9.17) is 16.3 Å². The monoisotopic (exact) mass is 424 g/mol. The molecule has 0 saturated carbocycles. The summed E-state index contributed by atoms with van der Waals surface area (Å²) in [6, 6.07) is 12.4. The quantitative estimate of drug-likeness (QED) is 0.689. The van der Waals surface area contributed by atoms with E-state index in [1.807, 2.05) is 30.3 Å². The molecule has 2 N–H and O–H groups in total. The Morgan fingerprint density at radius 3 is 2.56 bits per heavy atom. The summed E-state index contributed by atoms with van der Waals surface area (Å²) in [5, 5.41) is 6.52. The molecule has 0 bridgehead atoms. The first-order valence-electron chi connectivity index (χ1n) is 7.54. The minimum Gasteiger partial charge on any atom is -0.468 e. The minimum atomic E-state index is -0.410. The van der Waals surface area contributed by atoms with Crippen LogP contribution in [0.3, 0.4) is 0 Å². The Hall–Kier alpha value is -1.89. The molecule has 0 radical (unpaired) electrons. The molecule has 1 atom stereocenters. The van der Waals surface area contributed by atoms with Gasteiger partial charge >= 0.3 is 5.97 Å². The van der Waals surface area contributed by atoms with Gasteiger partial charge < -0.3 is 10.1 Å². The Labute approximate surface area is 159 Å². The first kappa shape index (κ1) is 19.4. The van der Waals surface area contributed by atoms with Crippen molar-refractivity contribution in [2.75, 3.05) is 19.0 Å². The van der Waals surface area contributed by atoms with Gasteiger partial charge in [0.25, 0.3) is 0 Å². The van der Waals surface area contributed by atoms with Gasteiger partial charge in [0.1, 0.15) is 0 Å². The third kappa shape index (κ3) is 5.29. The molecule has 0 aliphatic carbocycles.